The maximum atomic E-state index is 12.2. The van der Waals surface area contributed by atoms with E-state index in [0.29, 0.717) is 0 Å². The molecule has 2 N–H and O–H groups in total. The Morgan fingerprint density at radius 2 is 2.10 bits per heavy atom. The average Bonchev–Trinajstić information content (AvgIpc) is 2.47. The molecule has 3 nitrogen and oxygen atoms in total. The molecule has 0 aliphatic heterocycles. The summed E-state index contributed by atoms with van der Waals surface area (Å²) in [5, 5.41) is 0. The van der Waals surface area contributed by atoms with E-state index in [9.17, 15) is 4.79 Å². The molecular formula is C18H27NO2. The second-order valence-corrected chi connectivity index (χ2v) is 6.33. The summed E-state index contributed by atoms with van der Waals surface area (Å²) in [5.41, 5.74) is 8.26. The maximum absolute atomic E-state index is 12.2. The van der Waals surface area contributed by atoms with Crippen molar-refractivity contribution < 1.29 is 9.53 Å². The number of hydrogen-bond acceptors (Lipinski definition) is 3. The number of hydrogen-bond donors (Lipinski definition) is 1. The van der Waals surface area contributed by atoms with Gasteiger partial charge in [-0.25, -0.2) is 0 Å². The number of rotatable bonds is 6. The number of fused-ring (bicyclic) bond motifs is 1. The Kier molecular flexibility index (Phi) is 5.80. The lowest BCUT2D eigenvalue weighted by Gasteiger charge is -2.26. The maximum Gasteiger partial charge on any atom is 0.309 e. The molecule has 21 heavy (non-hydrogen) atoms. The highest BCUT2D eigenvalue weighted by Gasteiger charge is 2.25. The lowest BCUT2D eigenvalue weighted by molar-refractivity contribution is -0.154. The van der Waals surface area contributed by atoms with E-state index < -0.39 is 0 Å². The zero-order valence-electron chi connectivity index (χ0n) is 13.2. The second-order valence-electron chi connectivity index (χ2n) is 6.33. The third-order valence-electron chi connectivity index (χ3n) is 4.27. The Balaban J connectivity index is 1.88. The average molecular weight is 289 g/mol. The molecule has 0 fully saturated rings. The van der Waals surface area contributed by atoms with Gasteiger partial charge >= 0.3 is 5.97 Å². The van der Waals surface area contributed by atoms with Crippen LogP contribution in [0.25, 0.3) is 0 Å². The van der Waals surface area contributed by atoms with Gasteiger partial charge in [-0.2, -0.15) is 0 Å². The minimum absolute atomic E-state index is 0.0437. The summed E-state index contributed by atoms with van der Waals surface area (Å²) in [6.07, 6.45) is 5.86. The first kappa shape index (κ1) is 16.0. The summed E-state index contributed by atoms with van der Waals surface area (Å²) in [6, 6.07) is 8.52. The molecule has 0 heterocycles. The lowest BCUT2D eigenvalue weighted by Crippen LogP contribution is -2.22. The van der Waals surface area contributed by atoms with E-state index in [-0.39, 0.29) is 24.0 Å². The molecule has 1 aliphatic carbocycles. The van der Waals surface area contributed by atoms with Gasteiger partial charge in [0, 0.05) is 6.04 Å². The van der Waals surface area contributed by atoms with Gasteiger partial charge in [0.05, 0.1) is 5.92 Å². The molecular weight excluding hydrogens is 262 g/mol. The van der Waals surface area contributed by atoms with Crippen molar-refractivity contribution in [1.29, 1.82) is 0 Å². The van der Waals surface area contributed by atoms with Gasteiger partial charge in [-0.1, -0.05) is 37.6 Å². The van der Waals surface area contributed by atoms with Crippen LogP contribution in [0.15, 0.2) is 24.3 Å². The highest BCUT2D eigenvalue weighted by Crippen LogP contribution is 2.33. The normalized spacial score (nSPS) is 20.4. The summed E-state index contributed by atoms with van der Waals surface area (Å²) in [6.45, 7) is 3.96. The zero-order chi connectivity index (χ0) is 15.2. The standard InChI is InChI=1S/C18H27NO2/c1-13(7-5-8-14(2)19)18(20)21-17-12-6-10-15-9-3-4-11-16(15)17/h3-4,9,11,13-14,17H,5-8,10,12,19H2,1-2H3. The number of aryl methyl sites for hydroxylation is 1. The Morgan fingerprint density at radius 3 is 2.86 bits per heavy atom. The van der Waals surface area contributed by atoms with E-state index in [4.69, 9.17) is 10.5 Å². The molecule has 0 aromatic heterocycles. The minimum atomic E-state index is -0.0682. The van der Waals surface area contributed by atoms with Gasteiger partial charge in [0.1, 0.15) is 6.10 Å². The fourth-order valence-electron chi connectivity index (χ4n) is 2.95. The third-order valence-corrected chi connectivity index (χ3v) is 4.27. The predicted molar refractivity (Wildman–Crippen MR) is 84.9 cm³/mol. The highest BCUT2D eigenvalue weighted by molar-refractivity contribution is 5.72. The van der Waals surface area contributed by atoms with E-state index >= 15 is 0 Å². The first-order chi connectivity index (χ1) is 10.1. The Morgan fingerprint density at radius 1 is 1.33 bits per heavy atom. The number of esters is 1. The highest BCUT2D eigenvalue weighted by atomic mass is 16.5. The lowest BCUT2D eigenvalue weighted by atomic mass is 9.89. The van der Waals surface area contributed by atoms with E-state index in [1.165, 1.54) is 11.1 Å². The van der Waals surface area contributed by atoms with E-state index in [1.807, 2.05) is 19.9 Å². The van der Waals surface area contributed by atoms with Crippen LogP contribution >= 0.6 is 0 Å². The number of carbonyl (C=O) groups excluding carboxylic acids is 1. The van der Waals surface area contributed by atoms with Crippen LogP contribution in [-0.4, -0.2) is 12.0 Å². The quantitative estimate of drug-likeness (QED) is 0.811. The van der Waals surface area contributed by atoms with Gasteiger partial charge in [-0.05, 0) is 50.2 Å². The molecule has 1 aliphatic rings. The Bertz CT molecular complexity index is 470. The zero-order valence-corrected chi connectivity index (χ0v) is 13.2. The van der Waals surface area contributed by atoms with Gasteiger partial charge in [0.15, 0.2) is 0 Å². The summed E-state index contributed by atoms with van der Waals surface area (Å²) >= 11 is 0. The number of benzene rings is 1. The van der Waals surface area contributed by atoms with Gasteiger partial charge < -0.3 is 10.5 Å². The van der Waals surface area contributed by atoms with E-state index in [1.54, 1.807) is 0 Å². The van der Waals surface area contributed by atoms with Crippen LogP contribution in [0.4, 0.5) is 0 Å². The number of ether oxygens (including phenoxy) is 1. The third kappa shape index (κ3) is 4.57. The Hall–Kier alpha value is -1.35. The van der Waals surface area contributed by atoms with Gasteiger partial charge in [0.2, 0.25) is 0 Å². The van der Waals surface area contributed by atoms with Crippen LogP contribution in [0.3, 0.4) is 0 Å². The van der Waals surface area contributed by atoms with Crippen LogP contribution < -0.4 is 5.73 Å². The van der Waals surface area contributed by atoms with Gasteiger partial charge in [-0.3, -0.25) is 4.79 Å². The largest absolute Gasteiger partial charge is 0.457 e. The van der Waals surface area contributed by atoms with Crippen molar-refractivity contribution in [3.8, 4) is 0 Å². The first-order valence-corrected chi connectivity index (χ1v) is 8.11. The summed E-state index contributed by atoms with van der Waals surface area (Å²) in [4.78, 5) is 12.2. The van der Waals surface area contributed by atoms with Crippen molar-refractivity contribution >= 4 is 5.97 Å². The van der Waals surface area contributed by atoms with Crippen molar-refractivity contribution in [1.82, 2.24) is 0 Å². The predicted octanol–water partition coefficient (Wildman–Crippen LogP) is 3.76. The fraction of sp³-hybridized carbons (Fsp3) is 0.611. The number of carbonyl (C=O) groups is 1. The molecule has 0 amide bonds. The summed E-state index contributed by atoms with van der Waals surface area (Å²) < 4.78 is 5.77. The molecule has 3 unspecified atom stereocenters. The molecule has 3 heteroatoms. The molecule has 3 atom stereocenters. The van der Waals surface area contributed by atoms with Crippen molar-refractivity contribution in [3.63, 3.8) is 0 Å². The first-order valence-electron chi connectivity index (χ1n) is 8.11. The second kappa shape index (κ2) is 7.60. The molecule has 1 aromatic rings. The van der Waals surface area contributed by atoms with Crippen molar-refractivity contribution in [2.24, 2.45) is 11.7 Å². The summed E-state index contributed by atoms with van der Waals surface area (Å²) in [7, 11) is 0. The molecule has 0 spiro atoms. The van der Waals surface area contributed by atoms with Gasteiger partial charge in [-0.15, -0.1) is 0 Å². The van der Waals surface area contributed by atoms with Crippen LogP contribution in [-0.2, 0) is 16.0 Å². The topological polar surface area (TPSA) is 52.3 Å². The minimum Gasteiger partial charge on any atom is -0.457 e. The van der Waals surface area contributed by atoms with E-state index in [0.717, 1.165) is 38.5 Å². The smallest absolute Gasteiger partial charge is 0.309 e. The van der Waals surface area contributed by atoms with Crippen LogP contribution in [0.1, 0.15) is 63.2 Å². The molecule has 1 aromatic carbocycles. The van der Waals surface area contributed by atoms with Gasteiger partial charge in [0.25, 0.3) is 0 Å². The monoisotopic (exact) mass is 289 g/mol. The van der Waals surface area contributed by atoms with E-state index in [2.05, 4.69) is 18.2 Å². The SMILES string of the molecule is CC(N)CCCC(C)C(=O)OC1CCCc2ccccc21. The molecule has 0 saturated carbocycles. The summed E-state index contributed by atoms with van der Waals surface area (Å²) in [5.74, 6) is -0.112. The van der Waals surface area contributed by atoms with Crippen LogP contribution in [0.5, 0.6) is 0 Å². The molecule has 116 valence electrons. The van der Waals surface area contributed by atoms with Crippen molar-refractivity contribution in [2.75, 3.05) is 0 Å². The molecule has 0 saturated heterocycles. The fourth-order valence-corrected chi connectivity index (χ4v) is 2.95. The van der Waals surface area contributed by atoms with Crippen LogP contribution in [0.2, 0.25) is 0 Å². The van der Waals surface area contributed by atoms with Crippen molar-refractivity contribution in [3.05, 3.63) is 35.4 Å². The Labute approximate surface area is 127 Å². The molecule has 0 bridgehead atoms. The van der Waals surface area contributed by atoms with Crippen molar-refractivity contribution in [2.45, 2.75) is 64.5 Å². The molecule has 0 radical (unpaired) electrons. The van der Waals surface area contributed by atoms with Crippen LogP contribution in [0, 0.1) is 5.92 Å². The number of nitrogens with two attached hydrogens (primary N) is 1. The molecule has 2 rings (SSSR count).